The van der Waals surface area contributed by atoms with Crippen molar-refractivity contribution in [2.24, 2.45) is 0 Å². The third-order valence-electron chi connectivity index (χ3n) is 3.52. The number of carbonyl (C=O) groups is 1. The average molecular weight is 304 g/mol. The molecule has 0 bridgehead atoms. The molecular weight excluding hydrogens is 288 g/mol. The van der Waals surface area contributed by atoms with E-state index >= 15 is 0 Å². The number of rotatable bonds is 4. The van der Waals surface area contributed by atoms with Gasteiger partial charge in [0.15, 0.2) is 10.9 Å². The number of carbonyl (C=O) groups excluding carboxylic acids is 1. The molecule has 0 radical (unpaired) electrons. The van der Waals surface area contributed by atoms with E-state index in [0.29, 0.717) is 24.3 Å². The van der Waals surface area contributed by atoms with Crippen LogP contribution in [0.2, 0.25) is 0 Å². The van der Waals surface area contributed by atoms with Crippen molar-refractivity contribution in [3.8, 4) is 5.75 Å². The van der Waals surface area contributed by atoms with Crippen molar-refractivity contribution in [2.75, 3.05) is 6.54 Å². The number of hydrogen-bond donors (Lipinski definition) is 2. The number of H-pyrrole nitrogens is 1. The normalized spacial score (nSPS) is 16.3. The lowest BCUT2D eigenvalue weighted by Crippen LogP contribution is -2.39. The van der Waals surface area contributed by atoms with Gasteiger partial charge in [-0.1, -0.05) is 18.2 Å². The molecule has 3 rings (SSSR count). The molecule has 0 spiro atoms. The summed E-state index contributed by atoms with van der Waals surface area (Å²) in [6, 6.07) is 7.72. The smallest absolute Gasteiger partial charge is 0.261 e. The highest BCUT2D eigenvalue weighted by Crippen LogP contribution is 2.27. The topological polar surface area (TPSA) is 71.9 Å². The fourth-order valence-corrected chi connectivity index (χ4v) is 2.66. The van der Waals surface area contributed by atoms with Crippen LogP contribution in [0.15, 0.2) is 24.3 Å². The van der Waals surface area contributed by atoms with E-state index < -0.39 is 6.10 Å². The minimum Gasteiger partial charge on any atom is -0.480 e. The molecule has 21 heavy (non-hydrogen) atoms. The van der Waals surface area contributed by atoms with Gasteiger partial charge in [0.2, 0.25) is 0 Å². The van der Waals surface area contributed by atoms with Gasteiger partial charge in [0.1, 0.15) is 11.6 Å². The SMILES string of the molecule is Cc1n[nH]c(=S)n1CCNC(=O)[C@@H]1Cc2ccccc2O1. The van der Waals surface area contributed by atoms with Crippen LogP contribution in [-0.4, -0.2) is 33.3 Å². The van der Waals surface area contributed by atoms with Crippen LogP contribution in [0.3, 0.4) is 0 Å². The molecule has 2 N–H and O–H groups in total. The van der Waals surface area contributed by atoms with Crippen LogP contribution < -0.4 is 10.1 Å². The standard InChI is InChI=1S/C14H16N4O2S/c1-9-16-17-14(21)18(9)7-6-15-13(19)12-8-10-4-2-3-5-11(10)20-12/h2-5,12H,6-8H2,1H3,(H,15,19)(H,17,21)/t12-/m0/s1. The molecular formula is C14H16N4O2S. The first-order chi connectivity index (χ1) is 10.1. The van der Waals surface area contributed by atoms with Crippen molar-refractivity contribution >= 4 is 18.1 Å². The number of para-hydroxylation sites is 1. The zero-order valence-electron chi connectivity index (χ0n) is 11.6. The summed E-state index contributed by atoms with van der Waals surface area (Å²) < 4.78 is 8.05. The van der Waals surface area contributed by atoms with Crippen molar-refractivity contribution in [3.05, 3.63) is 40.4 Å². The van der Waals surface area contributed by atoms with Crippen LogP contribution in [0, 0.1) is 11.7 Å². The highest BCUT2D eigenvalue weighted by atomic mass is 32.1. The molecule has 1 aliphatic rings. The van der Waals surface area contributed by atoms with Gasteiger partial charge in [-0.25, -0.2) is 0 Å². The highest BCUT2D eigenvalue weighted by Gasteiger charge is 2.28. The molecule has 1 atom stereocenters. The number of aryl methyl sites for hydroxylation is 1. The predicted molar refractivity (Wildman–Crippen MR) is 79.7 cm³/mol. The summed E-state index contributed by atoms with van der Waals surface area (Å²) >= 11 is 5.11. The molecule has 0 unspecified atom stereocenters. The molecule has 2 aromatic rings. The van der Waals surface area contributed by atoms with E-state index in [-0.39, 0.29) is 5.91 Å². The molecule has 110 valence electrons. The van der Waals surface area contributed by atoms with Crippen LogP contribution in [0.25, 0.3) is 0 Å². The molecule has 7 heteroatoms. The lowest BCUT2D eigenvalue weighted by molar-refractivity contribution is -0.127. The van der Waals surface area contributed by atoms with Crippen LogP contribution >= 0.6 is 12.2 Å². The summed E-state index contributed by atoms with van der Waals surface area (Å²) in [6.07, 6.45) is 0.174. The molecule has 0 saturated heterocycles. The number of amides is 1. The predicted octanol–water partition coefficient (Wildman–Crippen LogP) is 1.37. The number of fused-ring (bicyclic) bond motifs is 1. The van der Waals surface area contributed by atoms with Crippen molar-refractivity contribution in [1.29, 1.82) is 0 Å². The Kier molecular flexibility index (Phi) is 3.74. The first kappa shape index (κ1) is 13.8. The second-order valence-electron chi connectivity index (χ2n) is 4.94. The second kappa shape index (κ2) is 5.69. The number of benzene rings is 1. The summed E-state index contributed by atoms with van der Waals surface area (Å²) in [4.78, 5) is 12.1. The van der Waals surface area contributed by atoms with Gasteiger partial charge in [0.05, 0.1) is 0 Å². The Bertz CT molecular complexity index is 697. The average Bonchev–Trinajstić information content (AvgIpc) is 3.04. The van der Waals surface area contributed by atoms with Gasteiger partial charge in [-0.2, -0.15) is 5.10 Å². The fourth-order valence-electron chi connectivity index (χ4n) is 2.39. The van der Waals surface area contributed by atoms with E-state index in [2.05, 4.69) is 15.5 Å². The van der Waals surface area contributed by atoms with Crippen LogP contribution in [0.4, 0.5) is 0 Å². The van der Waals surface area contributed by atoms with Crippen molar-refractivity contribution < 1.29 is 9.53 Å². The molecule has 1 aromatic carbocycles. The van der Waals surface area contributed by atoms with Gasteiger partial charge in [-0.05, 0) is 30.8 Å². The van der Waals surface area contributed by atoms with Gasteiger partial charge in [-0.15, -0.1) is 0 Å². The molecule has 0 aliphatic carbocycles. The zero-order valence-corrected chi connectivity index (χ0v) is 12.4. The minimum atomic E-state index is -0.444. The number of nitrogens with zero attached hydrogens (tertiary/aromatic N) is 2. The Balaban J connectivity index is 1.53. The number of aromatic amines is 1. The summed E-state index contributed by atoms with van der Waals surface area (Å²) in [6.45, 7) is 2.95. The summed E-state index contributed by atoms with van der Waals surface area (Å²) in [5, 5.41) is 9.63. The van der Waals surface area contributed by atoms with Crippen LogP contribution in [0.1, 0.15) is 11.4 Å². The maximum atomic E-state index is 12.1. The molecule has 6 nitrogen and oxygen atoms in total. The first-order valence-electron chi connectivity index (χ1n) is 6.79. The summed E-state index contributed by atoms with van der Waals surface area (Å²) in [5.74, 6) is 1.50. The van der Waals surface area contributed by atoms with E-state index in [9.17, 15) is 4.79 Å². The molecule has 0 fully saturated rings. The van der Waals surface area contributed by atoms with Gasteiger partial charge in [-0.3, -0.25) is 9.89 Å². The lowest BCUT2D eigenvalue weighted by atomic mass is 10.1. The Morgan fingerprint density at radius 3 is 3.10 bits per heavy atom. The zero-order chi connectivity index (χ0) is 14.8. The minimum absolute atomic E-state index is 0.0983. The van der Waals surface area contributed by atoms with E-state index in [1.807, 2.05) is 35.8 Å². The second-order valence-corrected chi connectivity index (χ2v) is 5.32. The van der Waals surface area contributed by atoms with Gasteiger partial charge < -0.3 is 14.6 Å². The Hall–Kier alpha value is -2.15. The number of aromatic nitrogens is 3. The molecule has 1 amide bonds. The largest absolute Gasteiger partial charge is 0.480 e. The lowest BCUT2D eigenvalue weighted by Gasteiger charge is -2.11. The Labute approximate surface area is 127 Å². The van der Waals surface area contributed by atoms with Crippen LogP contribution in [0.5, 0.6) is 5.75 Å². The Morgan fingerprint density at radius 2 is 2.38 bits per heavy atom. The third kappa shape index (κ3) is 2.82. The molecule has 1 aliphatic heterocycles. The quantitative estimate of drug-likeness (QED) is 0.837. The maximum Gasteiger partial charge on any atom is 0.261 e. The summed E-state index contributed by atoms with van der Waals surface area (Å²) in [5.41, 5.74) is 1.07. The Morgan fingerprint density at radius 1 is 1.57 bits per heavy atom. The van der Waals surface area contributed by atoms with Crippen molar-refractivity contribution in [3.63, 3.8) is 0 Å². The van der Waals surface area contributed by atoms with E-state index in [1.54, 1.807) is 0 Å². The maximum absolute atomic E-state index is 12.1. The van der Waals surface area contributed by atoms with Crippen LogP contribution in [-0.2, 0) is 17.8 Å². The first-order valence-corrected chi connectivity index (χ1v) is 7.20. The monoisotopic (exact) mass is 304 g/mol. The van der Waals surface area contributed by atoms with E-state index in [0.717, 1.165) is 17.1 Å². The van der Waals surface area contributed by atoms with Gasteiger partial charge >= 0.3 is 0 Å². The highest BCUT2D eigenvalue weighted by molar-refractivity contribution is 7.71. The van der Waals surface area contributed by atoms with Crippen molar-refractivity contribution in [2.45, 2.75) is 26.0 Å². The summed E-state index contributed by atoms with van der Waals surface area (Å²) in [7, 11) is 0. The van der Waals surface area contributed by atoms with E-state index in [1.165, 1.54) is 0 Å². The number of hydrogen-bond acceptors (Lipinski definition) is 4. The van der Waals surface area contributed by atoms with Crippen molar-refractivity contribution in [1.82, 2.24) is 20.1 Å². The van der Waals surface area contributed by atoms with Gasteiger partial charge in [0, 0.05) is 19.5 Å². The fraction of sp³-hybridized carbons (Fsp3) is 0.357. The van der Waals surface area contributed by atoms with E-state index in [4.69, 9.17) is 17.0 Å². The molecule has 2 heterocycles. The van der Waals surface area contributed by atoms with Gasteiger partial charge in [0.25, 0.3) is 5.91 Å². The molecule has 1 aromatic heterocycles. The molecule has 0 saturated carbocycles. The number of nitrogens with one attached hydrogen (secondary N) is 2. The third-order valence-corrected chi connectivity index (χ3v) is 3.84. The number of ether oxygens (including phenoxy) is 1.